The standard InChI is InChI=1S/C10H10F3N3S2/c1-6(4-7-2-3-17-5-7)14-9-15-8(16-18-9)10(11,12)13/h2-3,5-6H,4H2,1H3,(H,14,15,16). The lowest BCUT2D eigenvalue weighted by Gasteiger charge is -2.11. The Balaban J connectivity index is 1.95. The largest absolute Gasteiger partial charge is 0.452 e. The molecule has 2 aromatic heterocycles. The molecule has 2 rings (SSSR count). The maximum absolute atomic E-state index is 12.3. The first-order chi connectivity index (χ1) is 8.45. The number of thiophene rings is 1. The van der Waals surface area contributed by atoms with E-state index >= 15 is 0 Å². The normalized spacial score (nSPS) is 13.6. The van der Waals surface area contributed by atoms with E-state index in [9.17, 15) is 13.2 Å². The molecule has 0 aliphatic heterocycles. The van der Waals surface area contributed by atoms with Crippen LogP contribution < -0.4 is 5.32 Å². The van der Waals surface area contributed by atoms with Crippen molar-refractivity contribution in [3.8, 4) is 0 Å². The summed E-state index contributed by atoms with van der Waals surface area (Å²) in [5, 5.41) is 7.10. The minimum Gasteiger partial charge on any atom is -0.357 e. The third-order valence-corrected chi connectivity index (χ3v) is 3.55. The summed E-state index contributed by atoms with van der Waals surface area (Å²) >= 11 is 2.32. The zero-order valence-corrected chi connectivity index (χ0v) is 11.0. The molecule has 0 amide bonds. The highest BCUT2D eigenvalue weighted by Crippen LogP contribution is 2.29. The first-order valence-corrected chi connectivity index (χ1v) is 6.85. The third kappa shape index (κ3) is 3.42. The van der Waals surface area contributed by atoms with Crippen LogP contribution in [0.5, 0.6) is 0 Å². The summed E-state index contributed by atoms with van der Waals surface area (Å²) in [6.07, 6.45) is -3.74. The van der Waals surface area contributed by atoms with Gasteiger partial charge in [-0.25, -0.2) is 0 Å². The van der Waals surface area contributed by atoms with Crippen LogP contribution in [0.15, 0.2) is 16.8 Å². The fourth-order valence-electron chi connectivity index (χ4n) is 1.42. The Morgan fingerprint density at radius 3 is 2.78 bits per heavy atom. The van der Waals surface area contributed by atoms with Crippen molar-refractivity contribution >= 4 is 28.0 Å². The second kappa shape index (κ2) is 5.23. The summed E-state index contributed by atoms with van der Waals surface area (Å²) in [7, 11) is 0. The van der Waals surface area contributed by atoms with Gasteiger partial charge in [0.05, 0.1) is 0 Å². The Morgan fingerprint density at radius 2 is 2.22 bits per heavy atom. The van der Waals surface area contributed by atoms with E-state index in [-0.39, 0.29) is 11.2 Å². The maximum Gasteiger partial charge on any atom is 0.452 e. The zero-order valence-electron chi connectivity index (χ0n) is 9.36. The predicted octanol–water partition coefficient (Wildman–Crippen LogP) is 3.66. The summed E-state index contributed by atoms with van der Waals surface area (Å²) in [6, 6.07) is 2.00. The summed E-state index contributed by atoms with van der Waals surface area (Å²) in [6.45, 7) is 1.90. The number of aromatic nitrogens is 2. The molecule has 1 unspecified atom stereocenters. The van der Waals surface area contributed by atoms with Crippen molar-refractivity contribution in [2.75, 3.05) is 5.32 Å². The third-order valence-electron chi connectivity index (χ3n) is 2.17. The second-order valence-corrected chi connectivity index (χ2v) is 5.33. The number of nitrogens with zero attached hydrogens (tertiary/aromatic N) is 2. The highest BCUT2D eigenvalue weighted by atomic mass is 32.1. The molecule has 0 saturated carbocycles. The Hall–Kier alpha value is -1.15. The molecule has 0 fully saturated rings. The number of halogens is 3. The van der Waals surface area contributed by atoms with E-state index in [1.165, 1.54) is 0 Å². The SMILES string of the molecule is CC(Cc1ccsc1)Nc1nc(C(F)(F)F)ns1. The smallest absolute Gasteiger partial charge is 0.357 e. The number of hydrogen-bond acceptors (Lipinski definition) is 5. The fourth-order valence-corrected chi connectivity index (χ4v) is 2.80. The van der Waals surface area contributed by atoms with Gasteiger partial charge in [-0.3, -0.25) is 0 Å². The van der Waals surface area contributed by atoms with E-state index in [0.29, 0.717) is 0 Å². The monoisotopic (exact) mass is 293 g/mol. The van der Waals surface area contributed by atoms with E-state index in [4.69, 9.17) is 0 Å². The zero-order chi connectivity index (χ0) is 13.2. The number of nitrogens with one attached hydrogen (secondary N) is 1. The van der Waals surface area contributed by atoms with Crippen LogP contribution in [-0.2, 0) is 12.6 Å². The molecule has 0 radical (unpaired) electrons. The van der Waals surface area contributed by atoms with Gasteiger partial charge in [-0.05, 0) is 35.7 Å². The van der Waals surface area contributed by atoms with Gasteiger partial charge in [0.25, 0.3) is 0 Å². The fraction of sp³-hybridized carbons (Fsp3) is 0.400. The predicted molar refractivity (Wildman–Crippen MR) is 66.0 cm³/mol. The Labute approximate surface area is 110 Å². The number of rotatable bonds is 4. The van der Waals surface area contributed by atoms with Gasteiger partial charge in [0, 0.05) is 17.6 Å². The van der Waals surface area contributed by atoms with Crippen LogP contribution in [0.2, 0.25) is 0 Å². The Bertz CT molecular complexity index is 493. The van der Waals surface area contributed by atoms with E-state index in [0.717, 1.165) is 23.5 Å². The molecule has 0 saturated heterocycles. The molecule has 0 aliphatic carbocycles. The van der Waals surface area contributed by atoms with Crippen molar-refractivity contribution in [3.05, 3.63) is 28.2 Å². The van der Waals surface area contributed by atoms with Gasteiger partial charge in [0.15, 0.2) is 0 Å². The van der Waals surface area contributed by atoms with Crippen molar-refractivity contribution in [3.63, 3.8) is 0 Å². The Morgan fingerprint density at radius 1 is 1.44 bits per heavy atom. The van der Waals surface area contributed by atoms with Crippen LogP contribution >= 0.6 is 22.9 Å². The highest BCUT2D eigenvalue weighted by molar-refractivity contribution is 7.09. The average Bonchev–Trinajstić information content (AvgIpc) is 2.87. The van der Waals surface area contributed by atoms with Gasteiger partial charge in [-0.2, -0.15) is 33.9 Å². The van der Waals surface area contributed by atoms with Gasteiger partial charge < -0.3 is 5.32 Å². The van der Waals surface area contributed by atoms with Crippen molar-refractivity contribution in [1.29, 1.82) is 0 Å². The van der Waals surface area contributed by atoms with Gasteiger partial charge in [0.2, 0.25) is 11.0 Å². The molecular weight excluding hydrogens is 283 g/mol. The van der Waals surface area contributed by atoms with E-state index in [2.05, 4.69) is 14.7 Å². The maximum atomic E-state index is 12.3. The van der Waals surface area contributed by atoms with Crippen LogP contribution in [0, 0.1) is 0 Å². The first kappa shape index (κ1) is 13.3. The molecule has 0 spiro atoms. The van der Waals surface area contributed by atoms with Gasteiger partial charge in [-0.15, -0.1) is 0 Å². The van der Waals surface area contributed by atoms with Crippen LogP contribution in [-0.4, -0.2) is 15.4 Å². The summed E-state index contributed by atoms with van der Waals surface area (Å²) < 4.78 is 40.2. The molecule has 0 aliphatic rings. The first-order valence-electron chi connectivity index (χ1n) is 5.13. The molecule has 18 heavy (non-hydrogen) atoms. The molecule has 1 N–H and O–H groups in total. The van der Waals surface area contributed by atoms with Crippen molar-refractivity contribution in [2.24, 2.45) is 0 Å². The summed E-state index contributed by atoms with van der Waals surface area (Å²) in [5.41, 5.74) is 1.15. The quantitative estimate of drug-likeness (QED) is 0.934. The van der Waals surface area contributed by atoms with E-state index in [1.54, 1.807) is 11.3 Å². The van der Waals surface area contributed by atoms with Gasteiger partial charge >= 0.3 is 6.18 Å². The molecule has 3 nitrogen and oxygen atoms in total. The second-order valence-electron chi connectivity index (χ2n) is 3.80. The van der Waals surface area contributed by atoms with Crippen LogP contribution in [0.3, 0.4) is 0 Å². The van der Waals surface area contributed by atoms with Crippen LogP contribution in [0.25, 0.3) is 0 Å². The molecule has 2 aromatic rings. The van der Waals surface area contributed by atoms with Crippen molar-refractivity contribution in [1.82, 2.24) is 9.36 Å². The van der Waals surface area contributed by atoms with E-state index < -0.39 is 12.0 Å². The Kier molecular flexibility index (Phi) is 3.86. The lowest BCUT2D eigenvalue weighted by Crippen LogP contribution is -2.18. The topological polar surface area (TPSA) is 37.8 Å². The minimum atomic E-state index is -4.48. The van der Waals surface area contributed by atoms with Gasteiger partial charge in [-0.1, -0.05) is 0 Å². The summed E-state index contributed by atoms with van der Waals surface area (Å²) in [5.74, 6) is -1.09. The van der Waals surface area contributed by atoms with Crippen LogP contribution in [0.4, 0.5) is 18.3 Å². The molecule has 1 atom stereocenters. The van der Waals surface area contributed by atoms with Crippen LogP contribution in [0.1, 0.15) is 18.3 Å². The molecule has 2 heterocycles. The summed E-state index contributed by atoms with van der Waals surface area (Å²) in [4.78, 5) is 3.42. The molecular formula is C10H10F3N3S2. The average molecular weight is 293 g/mol. The molecule has 98 valence electrons. The molecule has 8 heteroatoms. The molecule has 0 bridgehead atoms. The highest BCUT2D eigenvalue weighted by Gasteiger charge is 2.36. The van der Waals surface area contributed by atoms with Crippen molar-refractivity contribution < 1.29 is 13.2 Å². The number of alkyl halides is 3. The number of anilines is 1. The minimum absolute atomic E-state index is 0.00799. The van der Waals surface area contributed by atoms with Crippen molar-refractivity contribution in [2.45, 2.75) is 25.6 Å². The van der Waals surface area contributed by atoms with E-state index in [1.807, 2.05) is 23.8 Å². The number of hydrogen-bond donors (Lipinski definition) is 1. The lowest BCUT2D eigenvalue weighted by atomic mass is 10.1. The van der Waals surface area contributed by atoms with Gasteiger partial charge in [0.1, 0.15) is 0 Å². The molecule has 0 aromatic carbocycles. The lowest BCUT2D eigenvalue weighted by molar-refractivity contribution is -0.144.